The molecule has 0 saturated carbocycles. The van der Waals surface area contributed by atoms with Crippen LogP contribution in [0.1, 0.15) is 56.4 Å². The van der Waals surface area contributed by atoms with Crippen LogP contribution in [0, 0.1) is 0 Å². The van der Waals surface area contributed by atoms with E-state index in [1.165, 1.54) is 11.3 Å². The van der Waals surface area contributed by atoms with E-state index in [9.17, 15) is 0 Å². The lowest BCUT2D eigenvalue weighted by molar-refractivity contribution is -0.0295. The molecule has 0 unspecified atom stereocenters. The third kappa shape index (κ3) is 2.51. The Morgan fingerprint density at radius 1 is 1.21 bits per heavy atom. The molecule has 1 aliphatic heterocycles. The second-order valence-corrected chi connectivity index (χ2v) is 5.11. The van der Waals surface area contributed by atoms with E-state index < -0.39 is 0 Å². The van der Waals surface area contributed by atoms with Gasteiger partial charge in [0.2, 0.25) is 0 Å². The van der Waals surface area contributed by atoms with Gasteiger partial charge in [0.25, 0.3) is 0 Å². The van der Waals surface area contributed by atoms with Crippen molar-refractivity contribution in [1.82, 2.24) is 15.3 Å². The molecule has 0 saturated heterocycles. The average molecular weight is 263 g/mol. The number of methoxy groups -OCH3 is 1. The highest BCUT2D eigenvalue weighted by molar-refractivity contribution is 5.29. The van der Waals surface area contributed by atoms with E-state index in [2.05, 4.69) is 26.1 Å². The van der Waals surface area contributed by atoms with Crippen LogP contribution >= 0.6 is 0 Å². The summed E-state index contributed by atoms with van der Waals surface area (Å²) in [5, 5.41) is 3.39. The van der Waals surface area contributed by atoms with Gasteiger partial charge in [0.1, 0.15) is 5.60 Å². The maximum Gasteiger partial charge on any atom is 0.160 e. The van der Waals surface area contributed by atoms with Crippen LogP contribution in [0.4, 0.5) is 0 Å². The predicted octanol–water partition coefficient (Wildman–Crippen LogP) is 2.35. The quantitative estimate of drug-likeness (QED) is 0.886. The molecule has 0 atom stereocenters. The number of rotatable bonds is 5. The molecule has 0 aliphatic carbocycles. The third-order valence-corrected chi connectivity index (χ3v) is 4.30. The molecule has 19 heavy (non-hydrogen) atoms. The van der Waals surface area contributed by atoms with Crippen LogP contribution in [0.15, 0.2) is 0 Å². The number of hydrogen-bond acceptors (Lipinski definition) is 4. The van der Waals surface area contributed by atoms with Gasteiger partial charge in [0.05, 0.1) is 5.69 Å². The number of ether oxygens (including phenoxy) is 1. The van der Waals surface area contributed by atoms with E-state index >= 15 is 0 Å². The molecule has 0 fully saturated rings. The summed E-state index contributed by atoms with van der Waals surface area (Å²) in [5.74, 6) is 0.860. The molecule has 106 valence electrons. The molecule has 0 spiro atoms. The first kappa shape index (κ1) is 14.4. The first-order valence-corrected chi connectivity index (χ1v) is 7.35. The van der Waals surface area contributed by atoms with Crippen LogP contribution in [0.5, 0.6) is 0 Å². The minimum atomic E-state index is -0.337. The number of aromatic nitrogens is 2. The van der Waals surface area contributed by atoms with E-state index in [0.29, 0.717) is 0 Å². The first-order chi connectivity index (χ1) is 9.20. The Morgan fingerprint density at radius 3 is 2.53 bits per heavy atom. The lowest BCUT2D eigenvalue weighted by Gasteiger charge is -2.30. The van der Waals surface area contributed by atoms with Crippen molar-refractivity contribution in [2.24, 2.45) is 0 Å². The van der Waals surface area contributed by atoms with Crippen molar-refractivity contribution in [3.8, 4) is 0 Å². The van der Waals surface area contributed by atoms with Crippen LogP contribution < -0.4 is 5.32 Å². The fourth-order valence-electron chi connectivity index (χ4n) is 2.88. The van der Waals surface area contributed by atoms with Gasteiger partial charge in [-0.15, -0.1) is 0 Å². The van der Waals surface area contributed by atoms with Crippen molar-refractivity contribution in [3.63, 3.8) is 0 Å². The lowest BCUT2D eigenvalue weighted by atomic mass is 9.94. The van der Waals surface area contributed by atoms with Crippen molar-refractivity contribution in [2.45, 2.75) is 58.6 Å². The Bertz CT molecular complexity index is 416. The SMILES string of the molecule is CCc1nc(C(CC)(CC)OC)nc2c1CCNC2. The Hall–Kier alpha value is -1.00. The smallest absolute Gasteiger partial charge is 0.160 e. The number of nitrogens with one attached hydrogen (secondary N) is 1. The second-order valence-electron chi connectivity index (χ2n) is 5.11. The maximum atomic E-state index is 5.77. The van der Waals surface area contributed by atoms with Crippen molar-refractivity contribution in [1.29, 1.82) is 0 Å². The van der Waals surface area contributed by atoms with Gasteiger partial charge in [-0.1, -0.05) is 20.8 Å². The number of aryl methyl sites for hydroxylation is 1. The van der Waals surface area contributed by atoms with Crippen LogP contribution in [-0.2, 0) is 29.7 Å². The highest BCUT2D eigenvalue weighted by atomic mass is 16.5. The molecule has 1 N–H and O–H groups in total. The molecule has 4 nitrogen and oxygen atoms in total. The third-order valence-electron chi connectivity index (χ3n) is 4.30. The predicted molar refractivity (Wildman–Crippen MR) is 76.1 cm³/mol. The molecule has 1 aromatic heterocycles. The first-order valence-electron chi connectivity index (χ1n) is 7.35. The number of hydrogen-bond donors (Lipinski definition) is 1. The van der Waals surface area contributed by atoms with Crippen LogP contribution in [0.3, 0.4) is 0 Å². The molecular weight excluding hydrogens is 238 g/mol. The molecule has 0 aromatic carbocycles. The van der Waals surface area contributed by atoms with Gasteiger partial charge in [-0.25, -0.2) is 9.97 Å². The fraction of sp³-hybridized carbons (Fsp3) is 0.733. The van der Waals surface area contributed by atoms with Crippen molar-refractivity contribution in [3.05, 3.63) is 22.8 Å². The largest absolute Gasteiger partial charge is 0.370 e. The minimum Gasteiger partial charge on any atom is -0.370 e. The minimum absolute atomic E-state index is 0.337. The van der Waals surface area contributed by atoms with Crippen molar-refractivity contribution >= 4 is 0 Å². The van der Waals surface area contributed by atoms with Crippen molar-refractivity contribution in [2.75, 3.05) is 13.7 Å². The number of nitrogens with zero attached hydrogens (tertiary/aromatic N) is 2. The van der Waals surface area contributed by atoms with Gasteiger partial charge in [-0.2, -0.15) is 0 Å². The lowest BCUT2D eigenvalue weighted by Crippen LogP contribution is -2.33. The van der Waals surface area contributed by atoms with Crippen molar-refractivity contribution < 1.29 is 4.74 Å². The molecule has 0 bridgehead atoms. The highest BCUT2D eigenvalue weighted by Gasteiger charge is 2.33. The normalized spacial score (nSPS) is 15.4. The summed E-state index contributed by atoms with van der Waals surface area (Å²) in [6.45, 7) is 8.32. The molecule has 4 heteroatoms. The van der Waals surface area contributed by atoms with Gasteiger partial charge < -0.3 is 10.1 Å². The standard InChI is InChI=1S/C15H25N3O/c1-5-12-11-8-9-16-10-13(11)18-14(17-12)15(6-2,7-3)19-4/h16H,5-10H2,1-4H3. The summed E-state index contributed by atoms with van der Waals surface area (Å²) in [5.41, 5.74) is 3.37. The van der Waals surface area contributed by atoms with Gasteiger partial charge in [-0.05, 0) is 37.8 Å². The summed E-state index contributed by atoms with van der Waals surface area (Å²) in [6.07, 6.45) is 3.80. The zero-order valence-corrected chi connectivity index (χ0v) is 12.5. The van der Waals surface area contributed by atoms with Gasteiger partial charge in [0.15, 0.2) is 5.82 Å². The second kappa shape index (κ2) is 5.97. The van der Waals surface area contributed by atoms with E-state index in [-0.39, 0.29) is 5.60 Å². The molecule has 2 rings (SSSR count). The average Bonchev–Trinajstić information content (AvgIpc) is 2.48. The zero-order valence-electron chi connectivity index (χ0n) is 12.5. The fourth-order valence-corrected chi connectivity index (χ4v) is 2.88. The van der Waals surface area contributed by atoms with E-state index in [1.807, 2.05) is 0 Å². The number of fused-ring (bicyclic) bond motifs is 1. The molecule has 1 aliphatic rings. The molecular formula is C15H25N3O. The van der Waals surface area contributed by atoms with Gasteiger partial charge in [0, 0.05) is 19.3 Å². The van der Waals surface area contributed by atoms with E-state index in [0.717, 1.165) is 50.3 Å². The Kier molecular flexibility index (Phi) is 4.53. The molecule has 0 amide bonds. The van der Waals surface area contributed by atoms with Gasteiger partial charge >= 0.3 is 0 Å². The highest BCUT2D eigenvalue weighted by Crippen LogP contribution is 2.31. The van der Waals surface area contributed by atoms with Gasteiger partial charge in [-0.3, -0.25) is 0 Å². The topological polar surface area (TPSA) is 47.0 Å². The summed E-state index contributed by atoms with van der Waals surface area (Å²) >= 11 is 0. The summed E-state index contributed by atoms with van der Waals surface area (Å²) in [4.78, 5) is 9.63. The zero-order chi connectivity index (χ0) is 13.9. The van der Waals surface area contributed by atoms with Crippen LogP contribution in [0.2, 0.25) is 0 Å². The Balaban J connectivity index is 2.52. The van der Waals surface area contributed by atoms with Crippen LogP contribution in [-0.4, -0.2) is 23.6 Å². The molecule has 2 heterocycles. The molecule has 1 aromatic rings. The summed E-state index contributed by atoms with van der Waals surface area (Å²) in [6, 6.07) is 0. The Labute approximate surface area is 116 Å². The Morgan fingerprint density at radius 2 is 1.95 bits per heavy atom. The van der Waals surface area contributed by atoms with E-state index in [4.69, 9.17) is 14.7 Å². The monoisotopic (exact) mass is 263 g/mol. The van der Waals surface area contributed by atoms with Crippen LogP contribution in [0.25, 0.3) is 0 Å². The summed E-state index contributed by atoms with van der Waals surface area (Å²) in [7, 11) is 1.76. The maximum absolute atomic E-state index is 5.77. The molecule has 0 radical (unpaired) electrons. The van der Waals surface area contributed by atoms with E-state index in [1.54, 1.807) is 7.11 Å². The summed E-state index contributed by atoms with van der Waals surface area (Å²) < 4.78 is 5.77.